The summed E-state index contributed by atoms with van der Waals surface area (Å²) in [4.78, 5) is 17.6. The standard InChI is InChI=1S/C16H15NO3S/c1-2-19-11-5-6-14-13(8-11)16(18)15(21-14)10-17-9-12-4-3-7-20-12/h3-8,10,15H,2,9H2,1H3/t15-/m0/s1. The smallest absolute Gasteiger partial charge is 0.182 e. The van der Waals surface area contributed by atoms with Crippen LogP contribution in [0.4, 0.5) is 0 Å². The Kier molecular flexibility index (Phi) is 4.10. The third-order valence-corrected chi connectivity index (χ3v) is 4.31. The van der Waals surface area contributed by atoms with Crippen molar-refractivity contribution >= 4 is 23.8 Å². The Morgan fingerprint density at radius 3 is 3.10 bits per heavy atom. The van der Waals surface area contributed by atoms with Gasteiger partial charge in [0.25, 0.3) is 0 Å². The quantitative estimate of drug-likeness (QED) is 0.792. The van der Waals surface area contributed by atoms with Gasteiger partial charge in [0, 0.05) is 16.7 Å². The van der Waals surface area contributed by atoms with Crippen LogP contribution in [0.5, 0.6) is 5.75 Å². The number of nitrogens with zero attached hydrogens (tertiary/aromatic N) is 1. The third kappa shape index (κ3) is 3.03. The van der Waals surface area contributed by atoms with Crippen LogP contribution in [-0.4, -0.2) is 23.9 Å². The molecule has 0 radical (unpaired) electrons. The number of carbonyl (C=O) groups is 1. The molecule has 0 bridgehead atoms. The zero-order valence-electron chi connectivity index (χ0n) is 11.6. The minimum Gasteiger partial charge on any atom is -0.494 e. The van der Waals surface area contributed by atoms with E-state index in [0.29, 0.717) is 13.2 Å². The zero-order valence-corrected chi connectivity index (χ0v) is 12.4. The van der Waals surface area contributed by atoms with Crippen LogP contribution in [0.3, 0.4) is 0 Å². The van der Waals surface area contributed by atoms with Crippen LogP contribution in [0, 0.1) is 0 Å². The van der Waals surface area contributed by atoms with Crippen LogP contribution in [0.1, 0.15) is 23.0 Å². The van der Waals surface area contributed by atoms with Crippen molar-refractivity contribution in [3.05, 3.63) is 47.9 Å². The molecule has 0 unspecified atom stereocenters. The first kappa shape index (κ1) is 13.9. The van der Waals surface area contributed by atoms with Gasteiger partial charge in [0.15, 0.2) is 5.78 Å². The maximum atomic E-state index is 12.4. The predicted octanol–water partition coefficient (Wildman–Crippen LogP) is 3.61. The molecule has 0 aliphatic carbocycles. The molecule has 1 atom stereocenters. The monoisotopic (exact) mass is 301 g/mol. The Bertz CT molecular complexity index is 664. The number of Topliss-reactive ketones (excluding diaryl/α,β-unsaturated/α-hetero) is 1. The summed E-state index contributed by atoms with van der Waals surface area (Å²) in [6.07, 6.45) is 3.32. The molecule has 1 aliphatic heterocycles. The topological polar surface area (TPSA) is 51.8 Å². The molecule has 108 valence electrons. The summed E-state index contributed by atoms with van der Waals surface area (Å²) in [5, 5.41) is -0.258. The van der Waals surface area contributed by atoms with Crippen LogP contribution in [0.15, 0.2) is 50.9 Å². The molecule has 0 N–H and O–H groups in total. The molecule has 5 heteroatoms. The van der Waals surface area contributed by atoms with Crippen LogP contribution in [0.25, 0.3) is 0 Å². The van der Waals surface area contributed by atoms with Gasteiger partial charge in [0.2, 0.25) is 0 Å². The summed E-state index contributed by atoms with van der Waals surface area (Å²) < 4.78 is 10.6. The Morgan fingerprint density at radius 2 is 2.33 bits per heavy atom. The Labute approximate surface area is 127 Å². The minimum atomic E-state index is -0.258. The first-order valence-corrected chi connectivity index (χ1v) is 7.66. The molecule has 21 heavy (non-hydrogen) atoms. The van der Waals surface area contributed by atoms with E-state index >= 15 is 0 Å². The van der Waals surface area contributed by atoms with Crippen molar-refractivity contribution in [1.29, 1.82) is 0 Å². The molecule has 1 aromatic carbocycles. The van der Waals surface area contributed by atoms with E-state index in [0.717, 1.165) is 22.0 Å². The maximum absolute atomic E-state index is 12.4. The van der Waals surface area contributed by atoms with Crippen LogP contribution in [0.2, 0.25) is 0 Å². The maximum Gasteiger partial charge on any atom is 0.182 e. The summed E-state index contributed by atoms with van der Waals surface area (Å²) in [5.41, 5.74) is 0.723. The van der Waals surface area contributed by atoms with Gasteiger partial charge >= 0.3 is 0 Å². The third-order valence-electron chi connectivity index (χ3n) is 3.11. The molecule has 1 aromatic heterocycles. The van der Waals surface area contributed by atoms with Gasteiger partial charge in [0.1, 0.15) is 16.8 Å². The summed E-state index contributed by atoms with van der Waals surface area (Å²) in [5.74, 6) is 1.61. The van der Waals surface area contributed by atoms with Crippen molar-refractivity contribution in [3.8, 4) is 5.75 Å². The van der Waals surface area contributed by atoms with E-state index in [2.05, 4.69) is 4.99 Å². The number of ketones is 1. The fourth-order valence-electron chi connectivity index (χ4n) is 2.14. The van der Waals surface area contributed by atoms with Gasteiger partial charge in [-0.1, -0.05) is 0 Å². The van der Waals surface area contributed by atoms with E-state index in [4.69, 9.17) is 9.15 Å². The van der Waals surface area contributed by atoms with Crippen molar-refractivity contribution in [2.45, 2.75) is 23.6 Å². The van der Waals surface area contributed by atoms with E-state index in [1.165, 1.54) is 11.8 Å². The van der Waals surface area contributed by atoms with Gasteiger partial charge in [-0.2, -0.15) is 0 Å². The van der Waals surface area contributed by atoms with Gasteiger partial charge in [-0.15, -0.1) is 11.8 Å². The largest absolute Gasteiger partial charge is 0.494 e. The number of thioether (sulfide) groups is 1. The van der Waals surface area contributed by atoms with E-state index in [-0.39, 0.29) is 11.0 Å². The lowest BCUT2D eigenvalue weighted by Gasteiger charge is -2.03. The number of ether oxygens (including phenoxy) is 1. The fraction of sp³-hybridized carbons (Fsp3) is 0.250. The molecule has 1 aliphatic rings. The highest BCUT2D eigenvalue weighted by molar-refractivity contribution is 8.02. The molecule has 3 rings (SSSR count). The second-order valence-electron chi connectivity index (χ2n) is 4.56. The average molecular weight is 301 g/mol. The fourth-order valence-corrected chi connectivity index (χ4v) is 3.23. The number of furan rings is 1. The first-order valence-electron chi connectivity index (χ1n) is 6.78. The Balaban J connectivity index is 1.70. The summed E-state index contributed by atoms with van der Waals surface area (Å²) in [6, 6.07) is 9.33. The average Bonchev–Trinajstić information content (AvgIpc) is 3.10. The molecular weight excluding hydrogens is 286 g/mol. The minimum absolute atomic E-state index is 0.0831. The van der Waals surface area contributed by atoms with Crippen LogP contribution < -0.4 is 4.74 Å². The number of hydrogen-bond donors (Lipinski definition) is 0. The molecule has 4 nitrogen and oxygen atoms in total. The molecule has 2 heterocycles. The second kappa shape index (κ2) is 6.18. The lowest BCUT2D eigenvalue weighted by molar-refractivity contribution is 0.101. The highest BCUT2D eigenvalue weighted by atomic mass is 32.2. The van der Waals surface area contributed by atoms with Crippen molar-refractivity contribution in [2.75, 3.05) is 6.61 Å². The van der Waals surface area contributed by atoms with Gasteiger partial charge < -0.3 is 9.15 Å². The highest BCUT2D eigenvalue weighted by Crippen LogP contribution is 2.38. The number of hydrogen-bond acceptors (Lipinski definition) is 5. The van der Waals surface area contributed by atoms with Crippen molar-refractivity contribution in [2.24, 2.45) is 4.99 Å². The molecule has 0 saturated carbocycles. The van der Waals surface area contributed by atoms with E-state index in [9.17, 15) is 4.79 Å². The molecule has 0 spiro atoms. The number of benzene rings is 1. The summed E-state index contributed by atoms with van der Waals surface area (Å²) in [7, 11) is 0. The molecule has 2 aromatic rings. The van der Waals surface area contributed by atoms with Crippen molar-refractivity contribution in [1.82, 2.24) is 0 Å². The predicted molar refractivity (Wildman–Crippen MR) is 82.5 cm³/mol. The normalized spacial score (nSPS) is 17.4. The molecule has 0 amide bonds. The van der Waals surface area contributed by atoms with Crippen LogP contribution >= 0.6 is 11.8 Å². The van der Waals surface area contributed by atoms with Gasteiger partial charge in [0.05, 0.1) is 19.4 Å². The van der Waals surface area contributed by atoms with Gasteiger partial charge in [-0.05, 0) is 37.3 Å². The number of aliphatic imine (C=N–C) groups is 1. The molecular formula is C16H15NO3S. The SMILES string of the molecule is CCOc1ccc2c(c1)C(=O)[C@H](C=NCc1ccco1)S2. The van der Waals surface area contributed by atoms with Gasteiger partial charge in [-0.3, -0.25) is 9.79 Å². The highest BCUT2D eigenvalue weighted by Gasteiger charge is 2.30. The zero-order chi connectivity index (χ0) is 14.7. The van der Waals surface area contributed by atoms with E-state index in [1.54, 1.807) is 12.5 Å². The number of carbonyl (C=O) groups excluding carboxylic acids is 1. The summed E-state index contributed by atoms with van der Waals surface area (Å²) >= 11 is 1.52. The van der Waals surface area contributed by atoms with E-state index < -0.39 is 0 Å². The van der Waals surface area contributed by atoms with E-state index in [1.807, 2.05) is 37.3 Å². The lowest BCUT2D eigenvalue weighted by Crippen LogP contribution is -2.13. The lowest BCUT2D eigenvalue weighted by atomic mass is 10.1. The number of rotatable bonds is 5. The van der Waals surface area contributed by atoms with Crippen molar-refractivity contribution < 1.29 is 13.9 Å². The molecule has 0 saturated heterocycles. The second-order valence-corrected chi connectivity index (χ2v) is 5.75. The number of fused-ring (bicyclic) bond motifs is 1. The van der Waals surface area contributed by atoms with Crippen LogP contribution in [-0.2, 0) is 6.54 Å². The molecule has 0 fully saturated rings. The Hall–Kier alpha value is -2.01. The Morgan fingerprint density at radius 1 is 1.43 bits per heavy atom. The van der Waals surface area contributed by atoms with Gasteiger partial charge in [-0.25, -0.2) is 0 Å². The summed E-state index contributed by atoms with van der Waals surface area (Å²) in [6.45, 7) is 2.97. The first-order chi connectivity index (χ1) is 10.3. The van der Waals surface area contributed by atoms with Crippen molar-refractivity contribution in [3.63, 3.8) is 0 Å².